The molecule has 1 fully saturated rings. The van der Waals surface area contributed by atoms with Crippen LogP contribution < -0.4 is 10.6 Å². The number of alkyl carbamates (subject to hydrolysis) is 1. The summed E-state index contributed by atoms with van der Waals surface area (Å²) in [6, 6.07) is 1.97. The molecule has 23 heavy (non-hydrogen) atoms. The maximum atomic E-state index is 12.0. The largest absolute Gasteiger partial charge is 0.444 e. The third-order valence-corrected chi connectivity index (χ3v) is 4.84. The first-order valence-corrected chi connectivity index (χ1v) is 9.30. The lowest BCUT2D eigenvalue weighted by Gasteiger charge is -2.42. The molecular formula is C16H23Br2N3O2. The molecule has 7 heteroatoms. The van der Waals surface area contributed by atoms with Gasteiger partial charge in [-0.2, -0.15) is 0 Å². The molecule has 0 atom stereocenters. The topological polar surface area (TPSA) is 63.2 Å². The highest BCUT2D eigenvalue weighted by Crippen LogP contribution is 2.31. The quantitative estimate of drug-likeness (QED) is 0.710. The first-order chi connectivity index (χ1) is 10.7. The first kappa shape index (κ1) is 18.7. The number of halogens is 2. The van der Waals surface area contributed by atoms with Gasteiger partial charge in [0.05, 0.1) is 11.2 Å². The van der Waals surface area contributed by atoms with Crippen LogP contribution in [0.2, 0.25) is 0 Å². The van der Waals surface area contributed by atoms with Gasteiger partial charge < -0.3 is 15.4 Å². The SMILES string of the molecule is CC(C)(C)OC(=O)NC1(CNCc2ncc(Br)cc2Br)CCC1. The molecule has 0 spiro atoms. The Bertz CT molecular complexity index is 569. The molecule has 0 aliphatic heterocycles. The number of amides is 1. The van der Waals surface area contributed by atoms with E-state index in [-0.39, 0.29) is 11.6 Å². The Hall–Kier alpha value is -0.660. The number of carbonyl (C=O) groups excluding carboxylic acids is 1. The third-order valence-electron chi connectivity index (χ3n) is 3.72. The summed E-state index contributed by atoms with van der Waals surface area (Å²) < 4.78 is 7.26. The number of hydrogen-bond acceptors (Lipinski definition) is 4. The maximum Gasteiger partial charge on any atom is 0.408 e. The van der Waals surface area contributed by atoms with Crippen molar-refractivity contribution in [1.29, 1.82) is 0 Å². The molecule has 5 nitrogen and oxygen atoms in total. The van der Waals surface area contributed by atoms with Crippen molar-refractivity contribution in [3.8, 4) is 0 Å². The van der Waals surface area contributed by atoms with Gasteiger partial charge in [0.25, 0.3) is 0 Å². The van der Waals surface area contributed by atoms with Gasteiger partial charge in [-0.25, -0.2) is 4.79 Å². The number of pyridine rings is 1. The van der Waals surface area contributed by atoms with E-state index in [9.17, 15) is 4.79 Å². The summed E-state index contributed by atoms with van der Waals surface area (Å²) in [5.74, 6) is 0. The predicted octanol–water partition coefficient (Wildman–Crippen LogP) is 4.14. The van der Waals surface area contributed by atoms with Crippen molar-refractivity contribution in [1.82, 2.24) is 15.6 Å². The second kappa shape index (κ2) is 7.49. The van der Waals surface area contributed by atoms with Crippen molar-refractivity contribution >= 4 is 38.0 Å². The summed E-state index contributed by atoms with van der Waals surface area (Å²) in [6.07, 6.45) is 4.49. The van der Waals surface area contributed by atoms with Crippen LogP contribution in [0.4, 0.5) is 4.79 Å². The van der Waals surface area contributed by atoms with Crippen molar-refractivity contribution in [2.24, 2.45) is 0 Å². The fourth-order valence-electron chi connectivity index (χ4n) is 2.46. The Balaban J connectivity index is 1.86. The van der Waals surface area contributed by atoms with Gasteiger partial charge in [0, 0.05) is 28.2 Å². The van der Waals surface area contributed by atoms with Crippen LogP contribution in [0.3, 0.4) is 0 Å². The number of nitrogens with zero attached hydrogens (tertiary/aromatic N) is 1. The molecule has 1 saturated carbocycles. The Morgan fingerprint density at radius 1 is 1.39 bits per heavy atom. The fourth-order valence-corrected chi connectivity index (χ4v) is 3.59. The van der Waals surface area contributed by atoms with Crippen LogP contribution in [0.15, 0.2) is 21.2 Å². The summed E-state index contributed by atoms with van der Waals surface area (Å²) >= 11 is 6.90. The van der Waals surface area contributed by atoms with Crippen molar-refractivity contribution in [3.63, 3.8) is 0 Å². The zero-order valence-electron chi connectivity index (χ0n) is 13.7. The molecule has 0 aromatic carbocycles. The summed E-state index contributed by atoms with van der Waals surface area (Å²) in [4.78, 5) is 16.4. The van der Waals surface area contributed by atoms with Crippen LogP contribution in [-0.4, -0.2) is 28.8 Å². The smallest absolute Gasteiger partial charge is 0.408 e. The highest BCUT2D eigenvalue weighted by Gasteiger charge is 2.39. The molecular weight excluding hydrogens is 426 g/mol. The van der Waals surface area contributed by atoms with E-state index in [1.165, 1.54) is 0 Å². The standard InChI is InChI=1S/C16H23Br2N3O2/c1-15(2,3)23-14(22)21-16(5-4-6-16)10-19-9-13-12(18)7-11(17)8-20-13/h7-8,19H,4-6,9-10H2,1-3H3,(H,21,22). The highest BCUT2D eigenvalue weighted by molar-refractivity contribution is 9.11. The minimum absolute atomic E-state index is 0.204. The lowest BCUT2D eigenvalue weighted by Crippen LogP contribution is -2.59. The van der Waals surface area contributed by atoms with E-state index < -0.39 is 5.60 Å². The molecule has 1 aromatic heterocycles. The van der Waals surface area contributed by atoms with Crippen LogP contribution in [-0.2, 0) is 11.3 Å². The van der Waals surface area contributed by atoms with Gasteiger partial charge in [-0.05, 0) is 78.0 Å². The second-order valence-electron chi connectivity index (χ2n) is 6.95. The molecule has 0 saturated heterocycles. The van der Waals surface area contributed by atoms with Gasteiger partial charge in [-0.3, -0.25) is 4.98 Å². The van der Waals surface area contributed by atoms with Gasteiger partial charge in [0.2, 0.25) is 0 Å². The molecule has 1 aromatic rings. The third kappa shape index (κ3) is 5.72. The zero-order valence-corrected chi connectivity index (χ0v) is 16.9. The van der Waals surface area contributed by atoms with Gasteiger partial charge in [-0.1, -0.05) is 0 Å². The van der Waals surface area contributed by atoms with Crippen LogP contribution in [0.1, 0.15) is 45.7 Å². The van der Waals surface area contributed by atoms with Crippen LogP contribution >= 0.6 is 31.9 Å². The summed E-state index contributed by atoms with van der Waals surface area (Å²) in [5.41, 5.74) is 0.263. The number of nitrogens with one attached hydrogen (secondary N) is 2. The van der Waals surface area contributed by atoms with Crippen molar-refractivity contribution in [2.75, 3.05) is 6.54 Å². The van der Waals surface area contributed by atoms with Gasteiger partial charge in [-0.15, -0.1) is 0 Å². The van der Waals surface area contributed by atoms with E-state index in [0.29, 0.717) is 13.1 Å². The lowest BCUT2D eigenvalue weighted by atomic mass is 9.76. The molecule has 1 aliphatic rings. The van der Waals surface area contributed by atoms with E-state index >= 15 is 0 Å². The van der Waals surface area contributed by atoms with Gasteiger partial charge >= 0.3 is 6.09 Å². The maximum absolute atomic E-state index is 12.0. The van der Waals surface area contributed by atoms with Crippen molar-refractivity contribution in [3.05, 3.63) is 26.9 Å². The lowest BCUT2D eigenvalue weighted by molar-refractivity contribution is 0.0382. The average Bonchev–Trinajstić information content (AvgIpc) is 2.36. The number of ether oxygens (including phenoxy) is 1. The van der Waals surface area contributed by atoms with E-state index in [2.05, 4.69) is 47.5 Å². The Labute approximate surface area is 154 Å². The molecule has 128 valence electrons. The molecule has 1 amide bonds. The summed E-state index contributed by atoms with van der Waals surface area (Å²) in [7, 11) is 0. The number of hydrogen-bond donors (Lipinski definition) is 2. The average molecular weight is 449 g/mol. The van der Waals surface area contributed by atoms with Gasteiger partial charge in [0.15, 0.2) is 0 Å². The molecule has 0 radical (unpaired) electrons. The van der Waals surface area contributed by atoms with E-state index in [4.69, 9.17) is 4.74 Å². The minimum Gasteiger partial charge on any atom is -0.444 e. The summed E-state index contributed by atoms with van der Waals surface area (Å²) in [6.45, 7) is 6.96. The number of carbonyl (C=O) groups is 1. The molecule has 1 aliphatic carbocycles. The van der Waals surface area contributed by atoms with Gasteiger partial charge in [0.1, 0.15) is 5.60 Å². The molecule has 1 heterocycles. The minimum atomic E-state index is -0.478. The molecule has 2 rings (SSSR count). The predicted molar refractivity (Wildman–Crippen MR) is 97.3 cm³/mol. The van der Waals surface area contributed by atoms with E-state index in [1.54, 1.807) is 6.20 Å². The molecule has 0 bridgehead atoms. The second-order valence-corrected chi connectivity index (χ2v) is 8.72. The number of aromatic nitrogens is 1. The Kier molecular flexibility index (Phi) is 6.08. The number of rotatable bonds is 5. The normalized spacial score (nSPS) is 16.6. The van der Waals surface area contributed by atoms with Crippen LogP contribution in [0.5, 0.6) is 0 Å². The van der Waals surface area contributed by atoms with E-state index in [0.717, 1.165) is 33.9 Å². The summed E-state index contributed by atoms with van der Waals surface area (Å²) in [5, 5.41) is 6.43. The Morgan fingerprint density at radius 3 is 2.61 bits per heavy atom. The molecule has 2 N–H and O–H groups in total. The van der Waals surface area contributed by atoms with Crippen LogP contribution in [0, 0.1) is 0 Å². The first-order valence-electron chi connectivity index (χ1n) is 7.71. The Morgan fingerprint density at radius 2 is 2.09 bits per heavy atom. The zero-order chi connectivity index (χ0) is 17.1. The van der Waals surface area contributed by atoms with E-state index in [1.807, 2.05) is 26.8 Å². The van der Waals surface area contributed by atoms with Crippen molar-refractivity contribution in [2.45, 2.75) is 57.7 Å². The molecule has 0 unspecified atom stereocenters. The van der Waals surface area contributed by atoms with Crippen LogP contribution in [0.25, 0.3) is 0 Å². The fraction of sp³-hybridized carbons (Fsp3) is 0.625. The van der Waals surface area contributed by atoms with Crippen molar-refractivity contribution < 1.29 is 9.53 Å². The monoisotopic (exact) mass is 447 g/mol. The highest BCUT2D eigenvalue weighted by atomic mass is 79.9.